The normalized spacial score (nSPS) is 28.0. The highest BCUT2D eigenvalue weighted by atomic mass is 19.3. The third-order valence-electron chi connectivity index (χ3n) is 4.46. The predicted molar refractivity (Wildman–Crippen MR) is 93.0 cm³/mol. The Hall–Kier alpha value is -1.90. The fraction of sp³-hybridized carbons (Fsp3) is 0.400. The van der Waals surface area contributed by atoms with E-state index in [0.29, 0.717) is 0 Å². The molecule has 0 spiro atoms. The van der Waals surface area contributed by atoms with Crippen LogP contribution in [-0.2, 0) is 27.4 Å². The van der Waals surface area contributed by atoms with Crippen LogP contribution in [0.4, 0.5) is 8.78 Å². The standard InChI is InChI=1S/C20H22F2O5/c21-19(22)20(24)18(26-13-15-9-5-2-6-10-15)17(16(11-23)27-20)25-12-14-7-3-1-4-8-14/h1-10,16-19,23-24H,11-13H2/t16-,17-,18+,20-/m1/s1. The molecule has 5 nitrogen and oxygen atoms in total. The van der Waals surface area contributed by atoms with Crippen LogP contribution in [0.5, 0.6) is 0 Å². The van der Waals surface area contributed by atoms with E-state index in [9.17, 15) is 19.0 Å². The molecular formula is C20H22F2O5. The number of benzene rings is 2. The number of halogens is 2. The highest BCUT2D eigenvalue weighted by molar-refractivity contribution is 5.15. The van der Waals surface area contributed by atoms with Crippen LogP contribution in [0.2, 0.25) is 0 Å². The van der Waals surface area contributed by atoms with E-state index in [1.54, 1.807) is 24.3 Å². The summed E-state index contributed by atoms with van der Waals surface area (Å²) in [6.45, 7) is -0.483. The van der Waals surface area contributed by atoms with Gasteiger partial charge in [0.2, 0.25) is 0 Å². The fourth-order valence-corrected chi connectivity index (χ4v) is 3.06. The van der Waals surface area contributed by atoms with Crippen LogP contribution in [0.1, 0.15) is 11.1 Å². The molecule has 0 amide bonds. The molecule has 4 atom stereocenters. The number of hydrogen-bond donors (Lipinski definition) is 2. The first-order chi connectivity index (χ1) is 13.0. The zero-order valence-electron chi connectivity index (χ0n) is 14.6. The van der Waals surface area contributed by atoms with E-state index in [2.05, 4.69) is 0 Å². The van der Waals surface area contributed by atoms with Gasteiger partial charge in [0.15, 0.2) is 0 Å². The molecule has 7 heteroatoms. The highest BCUT2D eigenvalue weighted by Gasteiger charge is 2.61. The summed E-state index contributed by atoms with van der Waals surface area (Å²) in [5.41, 5.74) is 1.58. The van der Waals surface area contributed by atoms with Crippen molar-refractivity contribution in [2.75, 3.05) is 6.61 Å². The zero-order valence-corrected chi connectivity index (χ0v) is 14.6. The van der Waals surface area contributed by atoms with Gasteiger partial charge in [-0.15, -0.1) is 0 Å². The third-order valence-corrected chi connectivity index (χ3v) is 4.46. The zero-order chi connectivity index (χ0) is 19.3. The lowest BCUT2D eigenvalue weighted by molar-refractivity contribution is -0.297. The summed E-state index contributed by atoms with van der Waals surface area (Å²) in [5, 5.41) is 19.9. The van der Waals surface area contributed by atoms with Gasteiger partial charge in [0.05, 0.1) is 19.8 Å². The summed E-state index contributed by atoms with van der Waals surface area (Å²) in [6, 6.07) is 18.1. The molecule has 2 aromatic rings. The minimum atomic E-state index is -3.22. The van der Waals surface area contributed by atoms with Gasteiger partial charge in [0.25, 0.3) is 12.2 Å². The Morgan fingerprint density at radius 2 is 1.44 bits per heavy atom. The minimum absolute atomic E-state index is 0.00670. The van der Waals surface area contributed by atoms with Crippen molar-refractivity contribution in [1.82, 2.24) is 0 Å². The SMILES string of the molecule is OC[C@H]1O[C@@](O)(C(F)F)[C@@H](OCc2ccccc2)[C@@H]1OCc1ccccc1. The lowest BCUT2D eigenvalue weighted by Gasteiger charge is -2.29. The summed E-state index contributed by atoms with van der Waals surface area (Å²) in [4.78, 5) is 0. The second-order valence-electron chi connectivity index (χ2n) is 6.37. The number of rotatable bonds is 8. The van der Waals surface area contributed by atoms with E-state index >= 15 is 0 Å². The first-order valence-electron chi connectivity index (χ1n) is 8.65. The average Bonchev–Trinajstić information content (AvgIpc) is 2.98. The molecule has 0 saturated carbocycles. The van der Waals surface area contributed by atoms with Gasteiger partial charge in [-0.05, 0) is 11.1 Å². The van der Waals surface area contributed by atoms with Crippen LogP contribution in [0.15, 0.2) is 60.7 Å². The second kappa shape index (κ2) is 8.86. The molecule has 0 aromatic heterocycles. The van der Waals surface area contributed by atoms with Crippen molar-refractivity contribution in [2.45, 2.75) is 43.7 Å². The molecule has 1 heterocycles. The van der Waals surface area contributed by atoms with E-state index in [-0.39, 0.29) is 13.2 Å². The van der Waals surface area contributed by atoms with Crippen molar-refractivity contribution in [3.05, 3.63) is 71.8 Å². The Bertz CT molecular complexity index is 700. The van der Waals surface area contributed by atoms with Crippen LogP contribution in [0.3, 0.4) is 0 Å². The predicted octanol–water partition coefficient (Wildman–Crippen LogP) is 2.50. The quantitative estimate of drug-likeness (QED) is 0.737. The Kier molecular flexibility index (Phi) is 6.51. The topological polar surface area (TPSA) is 68.2 Å². The smallest absolute Gasteiger partial charge is 0.294 e. The van der Waals surface area contributed by atoms with Gasteiger partial charge in [-0.1, -0.05) is 60.7 Å². The number of aliphatic hydroxyl groups excluding tert-OH is 1. The van der Waals surface area contributed by atoms with Gasteiger partial charge in [-0.25, -0.2) is 8.78 Å². The monoisotopic (exact) mass is 380 g/mol. The Morgan fingerprint density at radius 3 is 1.93 bits per heavy atom. The lowest BCUT2D eigenvalue weighted by atomic mass is 10.0. The number of ether oxygens (including phenoxy) is 3. The van der Waals surface area contributed by atoms with Crippen molar-refractivity contribution < 1.29 is 33.2 Å². The molecular weight excluding hydrogens is 358 g/mol. The van der Waals surface area contributed by atoms with Crippen LogP contribution in [-0.4, -0.2) is 47.3 Å². The largest absolute Gasteiger partial charge is 0.394 e. The van der Waals surface area contributed by atoms with Gasteiger partial charge in [-0.3, -0.25) is 0 Å². The molecule has 2 aromatic carbocycles. The van der Waals surface area contributed by atoms with Gasteiger partial charge < -0.3 is 24.4 Å². The Balaban J connectivity index is 1.77. The van der Waals surface area contributed by atoms with Gasteiger partial charge in [-0.2, -0.15) is 0 Å². The Morgan fingerprint density at radius 1 is 0.926 bits per heavy atom. The van der Waals surface area contributed by atoms with Gasteiger partial charge in [0, 0.05) is 0 Å². The molecule has 27 heavy (non-hydrogen) atoms. The molecule has 0 radical (unpaired) electrons. The number of aliphatic hydroxyl groups is 2. The van der Waals surface area contributed by atoms with E-state index in [4.69, 9.17) is 14.2 Å². The molecule has 146 valence electrons. The van der Waals surface area contributed by atoms with E-state index in [1.165, 1.54) is 0 Å². The molecule has 1 saturated heterocycles. The third kappa shape index (κ3) is 4.51. The van der Waals surface area contributed by atoms with Gasteiger partial charge in [0.1, 0.15) is 18.3 Å². The first kappa shape index (κ1) is 19.9. The average molecular weight is 380 g/mol. The molecule has 1 fully saturated rings. The number of alkyl halides is 2. The van der Waals surface area contributed by atoms with Gasteiger partial charge >= 0.3 is 0 Å². The minimum Gasteiger partial charge on any atom is -0.394 e. The maximum absolute atomic E-state index is 13.6. The highest BCUT2D eigenvalue weighted by Crippen LogP contribution is 2.38. The van der Waals surface area contributed by atoms with Crippen molar-refractivity contribution in [1.29, 1.82) is 0 Å². The number of hydrogen-bond acceptors (Lipinski definition) is 5. The van der Waals surface area contributed by atoms with E-state index in [1.807, 2.05) is 36.4 Å². The maximum atomic E-state index is 13.6. The molecule has 3 rings (SSSR count). The van der Waals surface area contributed by atoms with Crippen molar-refractivity contribution in [2.24, 2.45) is 0 Å². The molecule has 0 bridgehead atoms. The Labute approximate surface area is 156 Å². The molecule has 0 unspecified atom stereocenters. The maximum Gasteiger partial charge on any atom is 0.294 e. The molecule has 0 aliphatic carbocycles. The van der Waals surface area contributed by atoms with E-state index in [0.717, 1.165) is 11.1 Å². The fourth-order valence-electron chi connectivity index (χ4n) is 3.06. The summed E-state index contributed by atoms with van der Waals surface area (Å²) in [7, 11) is 0. The van der Waals surface area contributed by atoms with Crippen molar-refractivity contribution >= 4 is 0 Å². The van der Waals surface area contributed by atoms with Crippen LogP contribution in [0.25, 0.3) is 0 Å². The molecule has 1 aliphatic heterocycles. The van der Waals surface area contributed by atoms with Crippen LogP contribution in [0, 0.1) is 0 Å². The summed E-state index contributed by atoms with van der Waals surface area (Å²) >= 11 is 0. The van der Waals surface area contributed by atoms with Crippen molar-refractivity contribution in [3.8, 4) is 0 Å². The van der Waals surface area contributed by atoms with Crippen LogP contribution >= 0.6 is 0 Å². The molecule has 2 N–H and O–H groups in total. The summed E-state index contributed by atoms with van der Waals surface area (Å²) in [5.74, 6) is -2.86. The second-order valence-corrected chi connectivity index (χ2v) is 6.37. The summed E-state index contributed by atoms with van der Waals surface area (Å²) in [6.07, 6.45) is -6.87. The summed E-state index contributed by atoms with van der Waals surface area (Å²) < 4.78 is 43.5. The van der Waals surface area contributed by atoms with Crippen molar-refractivity contribution in [3.63, 3.8) is 0 Å². The first-order valence-corrected chi connectivity index (χ1v) is 8.65. The van der Waals surface area contributed by atoms with E-state index < -0.39 is 37.1 Å². The van der Waals surface area contributed by atoms with Crippen LogP contribution < -0.4 is 0 Å². The molecule has 1 aliphatic rings. The lowest BCUT2D eigenvalue weighted by Crippen LogP contribution is -2.51.